The second kappa shape index (κ2) is 28.0. The molecule has 0 spiro atoms. The van der Waals surface area contributed by atoms with Crippen LogP contribution in [0.15, 0.2) is 36.5 Å². The largest absolute Gasteiger partial charge is 0.300 e. The van der Waals surface area contributed by atoms with Gasteiger partial charge in [-0.25, -0.2) is 0 Å². The lowest BCUT2D eigenvalue weighted by Gasteiger charge is -2.41. The van der Waals surface area contributed by atoms with Crippen molar-refractivity contribution in [2.24, 2.45) is 5.41 Å². The van der Waals surface area contributed by atoms with Gasteiger partial charge in [0.05, 0.1) is 0 Å². The van der Waals surface area contributed by atoms with Crippen LogP contribution >= 0.6 is 0 Å². The molecule has 0 amide bonds. The fourth-order valence-corrected chi connectivity index (χ4v) is 6.32. The van der Waals surface area contributed by atoms with Crippen molar-refractivity contribution in [1.82, 2.24) is 0 Å². The zero-order chi connectivity index (χ0) is 28.8. The molecular formula is C39H70O. The molecule has 1 aliphatic carbocycles. The Morgan fingerprint density at radius 3 is 1.20 bits per heavy atom. The fourth-order valence-electron chi connectivity index (χ4n) is 6.32. The third-order valence-corrected chi connectivity index (χ3v) is 9.02. The molecule has 0 heterocycles. The summed E-state index contributed by atoms with van der Waals surface area (Å²) >= 11 is 0. The molecule has 1 nitrogen and oxygen atoms in total. The van der Waals surface area contributed by atoms with Crippen LogP contribution in [0.5, 0.6) is 0 Å². The van der Waals surface area contributed by atoms with E-state index in [1.165, 1.54) is 167 Å². The second-order valence-electron chi connectivity index (χ2n) is 13.1. The van der Waals surface area contributed by atoms with Crippen molar-refractivity contribution in [3.05, 3.63) is 36.5 Å². The third-order valence-electron chi connectivity index (χ3n) is 9.02. The molecule has 40 heavy (non-hydrogen) atoms. The van der Waals surface area contributed by atoms with Gasteiger partial charge in [-0.15, -0.1) is 0 Å². The van der Waals surface area contributed by atoms with Crippen molar-refractivity contribution >= 4 is 5.78 Å². The first-order valence-corrected chi connectivity index (χ1v) is 18.2. The van der Waals surface area contributed by atoms with Crippen LogP contribution in [-0.4, -0.2) is 5.78 Å². The lowest BCUT2D eigenvalue weighted by molar-refractivity contribution is -0.133. The molecule has 0 atom stereocenters. The van der Waals surface area contributed by atoms with Crippen molar-refractivity contribution in [2.75, 3.05) is 0 Å². The average Bonchev–Trinajstić information content (AvgIpc) is 2.94. The van der Waals surface area contributed by atoms with Crippen LogP contribution < -0.4 is 0 Å². The summed E-state index contributed by atoms with van der Waals surface area (Å²) < 4.78 is 0. The van der Waals surface area contributed by atoms with E-state index in [0.717, 1.165) is 19.3 Å². The summed E-state index contributed by atoms with van der Waals surface area (Å²) in [5.41, 5.74) is 0.396. The molecule has 0 saturated heterocycles. The highest BCUT2D eigenvalue weighted by atomic mass is 16.1. The summed E-state index contributed by atoms with van der Waals surface area (Å²) in [6, 6.07) is 0. The average molecular weight is 555 g/mol. The first-order chi connectivity index (χ1) is 19.7. The number of allylic oxidation sites excluding steroid dienone is 6. The topological polar surface area (TPSA) is 17.1 Å². The van der Waals surface area contributed by atoms with E-state index in [9.17, 15) is 4.79 Å². The van der Waals surface area contributed by atoms with E-state index in [1.807, 2.05) is 0 Å². The van der Waals surface area contributed by atoms with Gasteiger partial charge >= 0.3 is 0 Å². The van der Waals surface area contributed by atoms with Gasteiger partial charge in [-0.2, -0.15) is 0 Å². The summed E-state index contributed by atoms with van der Waals surface area (Å²) in [5.74, 6) is 0.522. The molecule has 1 rings (SSSR count). The Balaban J connectivity index is 1.92. The molecule has 1 aliphatic rings. The third kappa shape index (κ3) is 22.6. The molecule has 0 aromatic rings. The minimum Gasteiger partial charge on any atom is -0.300 e. The second-order valence-corrected chi connectivity index (χ2v) is 13.1. The summed E-state index contributed by atoms with van der Waals surface area (Å²) in [7, 11) is 0. The Hall–Kier alpha value is -1.11. The maximum absolute atomic E-state index is 11.8. The molecule has 0 aliphatic heterocycles. The molecule has 0 unspecified atom stereocenters. The van der Waals surface area contributed by atoms with E-state index in [1.54, 1.807) is 0 Å². The highest BCUT2D eigenvalue weighted by molar-refractivity contribution is 5.86. The SMILES string of the molecule is CCCCC/C=C\C/C=C\CCCCCCCCC1(CCCCCCCC/C=C\CCCCCCC)CC(=O)C1. The molecule has 1 heteroatoms. The number of carbonyl (C=O) groups excluding carboxylic acids is 1. The predicted molar refractivity (Wildman–Crippen MR) is 180 cm³/mol. The number of rotatable bonds is 30. The van der Waals surface area contributed by atoms with Gasteiger partial charge in [-0.3, -0.25) is 4.79 Å². The van der Waals surface area contributed by atoms with E-state index in [2.05, 4.69) is 50.3 Å². The van der Waals surface area contributed by atoms with Gasteiger partial charge in [-0.1, -0.05) is 153 Å². The van der Waals surface area contributed by atoms with Gasteiger partial charge in [0, 0.05) is 12.8 Å². The van der Waals surface area contributed by atoms with E-state index in [0.29, 0.717) is 11.2 Å². The van der Waals surface area contributed by atoms with Gasteiger partial charge < -0.3 is 0 Å². The van der Waals surface area contributed by atoms with Crippen LogP contribution in [0.4, 0.5) is 0 Å². The van der Waals surface area contributed by atoms with E-state index >= 15 is 0 Å². The van der Waals surface area contributed by atoms with Crippen LogP contribution in [0, 0.1) is 5.41 Å². The van der Waals surface area contributed by atoms with Crippen LogP contribution in [-0.2, 0) is 4.79 Å². The molecule has 0 aromatic heterocycles. The summed E-state index contributed by atoms with van der Waals surface area (Å²) in [6.45, 7) is 4.55. The molecule has 0 aromatic carbocycles. The standard InChI is InChI=1S/C39H70O/c1-3-5-7-9-11-13-15-17-19-21-23-25-27-29-31-33-35-39(36-38(40)37-39)34-32-30-28-26-24-22-20-18-16-14-12-10-8-6-4-2/h11,13,16-19H,3-10,12,14-15,20-37H2,1-2H3/b13-11-,18-16-,19-17-. The zero-order valence-corrected chi connectivity index (χ0v) is 27.4. The quantitative estimate of drug-likeness (QED) is 0.0637. The summed E-state index contributed by atoms with van der Waals surface area (Å²) in [5, 5.41) is 0. The lowest BCUT2D eigenvalue weighted by Crippen LogP contribution is -2.37. The van der Waals surface area contributed by atoms with Gasteiger partial charge in [0.15, 0.2) is 0 Å². The predicted octanol–water partition coefficient (Wildman–Crippen LogP) is 13.6. The van der Waals surface area contributed by atoms with Crippen LogP contribution in [0.25, 0.3) is 0 Å². The highest BCUT2D eigenvalue weighted by Crippen LogP contribution is 2.47. The molecule has 232 valence electrons. The van der Waals surface area contributed by atoms with Gasteiger partial charge in [0.25, 0.3) is 0 Å². The molecule has 1 saturated carbocycles. The van der Waals surface area contributed by atoms with Gasteiger partial charge in [-0.05, 0) is 76.0 Å². The fraction of sp³-hybridized carbons (Fsp3) is 0.821. The first kappa shape index (κ1) is 36.9. The molecular weight excluding hydrogens is 484 g/mol. The molecule has 0 radical (unpaired) electrons. The summed E-state index contributed by atoms with van der Waals surface area (Å²) in [4.78, 5) is 11.8. The van der Waals surface area contributed by atoms with Crippen molar-refractivity contribution < 1.29 is 4.79 Å². The van der Waals surface area contributed by atoms with Crippen LogP contribution in [0.1, 0.15) is 200 Å². The normalized spacial score (nSPS) is 15.2. The number of hydrogen-bond acceptors (Lipinski definition) is 1. The Morgan fingerprint density at radius 1 is 0.450 bits per heavy atom. The van der Waals surface area contributed by atoms with Crippen molar-refractivity contribution in [2.45, 2.75) is 200 Å². The zero-order valence-electron chi connectivity index (χ0n) is 27.4. The Morgan fingerprint density at radius 2 is 0.775 bits per heavy atom. The number of ketones is 1. The van der Waals surface area contributed by atoms with Crippen molar-refractivity contribution in [1.29, 1.82) is 0 Å². The minimum absolute atomic E-state index is 0.396. The number of Topliss-reactive ketones (excluding diaryl/α,β-unsaturated/α-hetero) is 1. The maximum atomic E-state index is 11.8. The highest BCUT2D eigenvalue weighted by Gasteiger charge is 2.41. The Kier molecular flexibility index (Phi) is 25.9. The minimum atomic E-state index is 0.396. The van der Waals surface area contributed by atoms with Crippen molar-refractivity contribution in [3.8, 4) is 0 Å². The number of carbonyl (C=O) groups is 1. The Labute approximate surface area is 252 Å². The van der Waals surface area contributed by atoms with Crippen LogP contribution in [0.2, 0.25) is 0 Å². The maximum Gasteiger partial charge on any atom is 0.134 e. The molecule has 0 bridgehead atoms. The number of hydrogen-bond donors (Lipinski definition) is 0. The Bertz CT molecular complexity index is 631. The van der Waals surface area contributed by atoms with Gasteiger partial charge in [0.1, 0.15) is 5.78 Å². The van der Waals surface area contributed by atoms with Gasteiger partial charge in [0.2, 0.25) is 0 Å². The van der Waals surface area contributed by atoms with E-state index in [4.69, 9.17) is 0 Å². The molecule has 1 fully saturated rings. The first-order valence-electron chi connectivity index (χ1n) is 18.2. The summed E-state index contributed by atoms with van der Waals surface area (Å²) in [6.07, 6.45) is 52.1. The van der Waals surface area contributed by atoms with Crippen LogP contribution in [0.3, 0.4) is 0 Å². The monoisotopic (exact) mass is 555 g/mol. The smallest absolute Gasteiger partial charge is 0.134 e. The lowest BCUT2D eigenvalue weighted by atomic mass is 9.62. The molecule has 0 N–H and O–H groups in total. The number of unbranched alkanes of at least 4 members (excludes halogenated alkanes) is 20. The van der Waals surface area contributed by atoms with E-state index < -0.39 is 0 Å². The van der Waals surface area contributed by atoms with Crippen molar-refractivity contribution in [3.63, 3.8) is 0 Å². The van der Waals surface area contributed by atoms with E-state index in [-0.39, 0.29) is 0 Å².